The largest absolute Gasteiger partial charge is 0.508 e. The van der Waals surface area contributed by atoms with Crippen LogP contribution in [0.3, 0.4) is 0 Å². The van der Waals surface area contributed by atoms with Crippen LogP contribution in [0.5, 0.6) is 5.75 Å². The highest BCUT2D eigenvalue weighted by Gasteiger charge is 2.15. The van der Waals surface area contributed by atoms with Crippen molar-refractivity contribution in [1.82, 2.24) is 0 Å². The molecule has 3 rings (SSSR count). The van der Waals surface area contributed by atoms with Gasteiger partial charge in [0.25, 0.3) is 0 Å². The fourth-order valence-corrected chi connectivity index (χ4v) is 3.38. The number of phenolic OH excluding ortho intramolecular Hbond substituents is 1. The van der Waals surface area contributed by atoms with Crippen molar-refractivity contribution in [2.24, 2.45) is 0 Å². The van der Waals surface area contributed by atoms with Gasteiger partial charge in [0, 0.05) is 4.91 Å². The molecule has 0 bridgehead atoms. The minimum absolute atomic E-state index is 0.344. The molecule has 1 aliphatic rings. The van der Waals surface area contributed by atoms with Crippen LogP contribution < -0.4 is 0 Å². The molecule has 0 unspecified atom stereocenters. The molecule has 1 aliphatic carbocycles. The first-order valence-electron chi connectivity index (χ1n) is 6.52. The molecule has 0 saturated carbocycles. The molecule has 96 valence electrons. The minimum atomic E-state index is 0.344. The third-order valence-electron chi connectivity index (χ3n) is 3.38. The first kappa shape index (κ1) is 12.4. The Morgan fingerprint density at radius 2 is 1.95 bits per heavy atom. The van der Waals surface area contributed by atoms with Crippen molar-refractivity contribution in [2.75, 3.05) is 5.75 Å². The van der Waals surface area contributed by atoms with Crippen LogP contribution in [0.25, 0.3) is 11.0 Å². The summed E-state index contributed by atoms with van der Waals surface area (Å²) >= 11 is 1.87. The fourth-order valence-electron chi connectivity index (χ4n) is 2.50. The van der Waals surface area contributed by atoms with E-state index in [-0.39, 0.29) is 0 Å². The Balaban J connectivity index is 2.19. The van der Waals surface area contributed by atoms with Crippen LogP contribution in [0.2, 0.25) is 0 Å². The summed E-state index contributed by atoms with van der Waals surface area (Å²) in [7, 11) is 0. The molecular formula is C17H16OS. The monoisotopic (exact) mass is 268 g/mol. The van der Waals surface area contributed by atoms with E-state index in [1.165, 1.54) is 27.2 Å². The summed E-state index contributed by atoms with van der Waals surface area (Å²) < 4.78 is 0. The number of fused-ring (bicyclic) bond motifs is 2. The molecule has 0 saturated heterocycles. The zero-order chi connectivity index (χ0) is 13.2. The van der Waals surface area contributed by atoms with Crippen LogP contribution in [-0.4, -0.2) is 10.9 Å². The lowest BCUT2D eigenvalue weighted by Crippen LogP contribution is -1.92. The van der Waals surface area contributed by atoms with Crippen molar-refractivity contribution in [3.05, 3.63) is 64.7 Å². The highest BCUT2D eigenvalue weighted by molar-refractivity contribution is 8.08. The maximum atomic E-state index is 9.67. The first-order valence-corrected chi connectivity index (χ1v) is 7.51. The zero-order valence-electron chi connectivity index (χ0n) is 10.9. The molecule has 19 heavy (non-hydrogen) atoms. The molecule has 0 amide bonds. The van der Waals surface area contributed by atoms with E-state index in [9.17, 15) is 5.11 Å². The van der Waals surface area contributed by atoms with Gasteiger partial charge in [0.2, 0.25) is 0 Å². The lowest BCUT2D eigenvalue weighted by atomic mass is 10.00. The van der Waals surface area contributed by atoms with Crippen LogP contribution in [0.1, 0.15) is 29.2 Å². The van der Waals surface area contributed by atoms with Gasteiger partial charge in [-0.2, -0.15) is 0 Å². The number of rotatable bonds is 2. The van der Waals surface area contributed by atoms with Crippen molar-refractivity contribution < 1.29 is 5.11 Å². The smallest absolute Gasteiger partial charge is 0.115 e. The molecule has 0 atom stereocenters. The Morgan fingerprint density at radius 3 is 2.79 bits per heavy atom. The van der Waals surface area contributed by atoms with Gasteiger partial charge < -0.3 is 5.11 Å². The van der Waals surface area contributed by atoms with E-state index >= 15 is 0 Å². The van der Waals surface area contributed by atoms with Crippen molar-refractivity contribution in [3.63, 3.8) is 0 Å². The zero-order valence-corrected chi connectivity index (χ0v) is 11.7. The van der Waals surface area contributed by atoms with Crippen LogP contribution in [0, 0.1) is 0 Å². The number of benzene rings is 2. The molecule has 2 heteroatoms. The predicted molar refractivity (Wildman–Crippen MR) is 83.4 cm³/mol. The summed E-state index contributed by atoms with van der Waals surface area (Å²) in [6.07, 6.45) is 3.12. The summed E-state index contributed by atoms with van der Waals surface area (Å²) in [6.45, 7) is 2.18. The maximum Gasteiger partial charge on any atom is 0.115 e. The Morgan fingerprint density at radius 1 is 1.11 bits per heavy atom. The Bertz CT molecular complexity index is 643. The quantitative estimate of drug-likeness (QED) is 0.862. The van der Waals surface area contributed by atoms with Gasteiger partial charge in [0.15, 0.2) is 0 Å². The number of phenols is 1. The summed E-state index contributed by atoms with van der Waals surface area (Å²) in [4.78, 5) is 1.32. The van der Waals surface area contributed by atoms with Gasteiger partial charge in [-0.15, -0.1) is 11.8 Å². The highest BCUT2D eigenvalue weighted by Crippen LogP contribution is 2.37. The van der Waals surface area contributed by atoms with Gasteiger partial charge in [-0.1, -0.05) is 37.3 Å². The van der Waals surface area contributed by atoms with E-state index in [4.69, 9.17) is 0 Å². The normalized spacial score (nSPS) is 13.2. The third kappa shape index (κ3) is 2.41. The Kier molecular flexibility index (Phi) is 3.34. The Labute approximate surface area is 118 Å². The number of hydrogen-bond acceptors (Lipinski definition) is 2. The van der Waals surface area contributed by atoms with Crippen molar-refractivity contribution in [1.29, 1.82) is 0 Å². The molecule has 0 aliphatic heterocycles. The second-order valence-electron chi connectivity index (χ2n) is 4.66. The molecule has 0 spiro atoms. The fraction of sp³-hybridized carbons (Fsp3) is 0.176. The van der Waals surface area contributed by atoms with Crippen LogP contribution in [-0.2, 0) is 6.42 Å². The summed E-state index contributed by atoms with van der Waals surface area (Å²) in [5, 5.41) is 9.67. The molecule has 0 aromatic heterocycles. The summed E-state index contributed by atoms with van der Waals surface area (Å²) in [6, 6.07) is 14.2. The van der Waals surface area contributed by atoms with E-state index < -0.39 is 0 Å². The first-order chi connectivity index (χ1) is 9.28. The second-order valence-corrected chi connectivity index (χ2v) is 5.96. The van der Waals surface area contributed by atoms with Gasteiger partial charge in [0.05, 0.1) is 0 Å². The molecular weight excluding hydrogens is 252 g/mol. The number of hydrogen-bond donors (Lipinski definition) is 1. The van der Waals surface area contributed by atoms with Gasteiger partial charge in [-0.3, -0.25) is 0 Å². The van der Waals surface area contributed by atoms with Crippen molar-refractivity contribution >= 4 is 22.7 Å². The van der Waals surface area contributed by atoms with Crippen LogP contribution in [0.4, 0.5) is 0 Å². The summed E-state index contributed by atoms with van der Waals surface area (Å²) in [5.41, 5.74) is 5.06. The highest BCUT2D eigenvalue weighted by atomic mass is 32.2. The van der Waals surface area contributed by atoms with E-state index in [0.29, 0.717) is 5.75 Å². The lowest BCUT2D eigenvalue weighted by molar-refractivity contribution is 0.474. The lowest BCUT2D eigenvalue weighted by Gasteiger charge is -2.09. The standard InChI is InChI=1S/C17H16OS/c1-2-19-17-11-12-7-8-15(18)10-14(12)9-13-5-3-4-6-16(13)17/h3-8,10-11,18H,2,9H2,1H3. The van der Waals surface area contributed by atoms with Gasteiger partial charge in [0.1, 0.15) is 5.75 Å². The molecule has 1 nitrogen and oxygen atoms in total. The predicted octanol–water partition coefficient (Wildman–Crippen LogP) is 4.55. The van der Waals surface area contributed by atoms with Crippen LogP contribution >= 0.6 is 11.8 Å². The van der Waals surface area contributed by atoms with E-state index in [1.54, 1.807) is 6.07 Å². The van der Waals surface area contributed by atoms with E-state index in [0.717, 1.165) is 12.2 Å². The maximum absolute atomic E-state index is 9.67. The minimum Gasteiger partial charge on any atom is -0.508 e. The number of thioether (sulfide) groups is 1. The average molecular weight is 268 g/mol. The molecule has 2 aromatic carbocycles. The molecule has 1 N–H and O–H groups in total. The molecule has 0 radical (unpaired) electrons. The average Bonchev–Trinajstić information content (AvgIpc) is 2.56. The number of aromatic hydroxyl groups is 1. The van der Waals surface area contributed by atoms with Gasteiger partial charge in [-0.05, 0) is 52.6 Å². The molecule has 0 heterocycles. The van der Waals surface area contributed by atoms with E-state index in [2.05, 4.69) is 37.3 Å². The van der Waals surface area contributed by atoms with Gasteiger partial charge >= 0.3 is 0 Å². The molecule has 0 fully saturated rings. The second kappa shape index (κ2) is 5.14. The summed E-state index contributed by atoms with van der Waals surface area (Å²) in [5.74, 6) is 1.41. The van der Waals surface area contributed by atoms with Crippen molar-refractivity contribution in [2.45, 2.75) is 13.3 Å². The topological polar surface area (TPSA) is 20.2 Å². The van der Waals surface area contributed by atoms with Crippen molar-refractivity contribution in [3.8, 4) is 5.75 Å². The van der Waals surface area contributed by atoms with Crippen LogP contribution in [0.15, 0.2) is 42.5 Å². The third-order valence-corrected chi connectivity index (χ3v) is 4.31. The Hall–Kier alpha value is -1.67. The van der Waals surface area contributed by atoms with E-state index in [1.807, 2.05) is 23.9 Å². The SMILES string of the molecule is CCSC1=Cc2ccc(O)cc2Cc2ccccc21. The van der Waals surface area contributed by atoms with Gasteiger partial charge in [-0.25, -0.2) is 0 Å². The molecule has 2 aromatic rings.